The zero-order valence-corrected chi connectivity index (χ0v) is 10.3. The van der Waals surface area contributed by atoms with Crippen molar-refractivity contribution in [1.29, 1.82) is 0 Å². The summed E-state index contributed by atoms with van der Waals surface area (Å²) in [7, 11) is -3.58. The van der Waals surface area contributed by atoms with Crippen LogP contribution in [0.15, 0.2) is 46.9 Å². The lowest BCUT2D eigenvalue weighted by molar-refractivity contribution is -0.132. The normalized spacial score (nSPS) is 12.4. The van der Waals surface area contributed by atoms with Gasteiger partial charge in [0, 0.05) is 5.57 Å². The summed E-state index contributed by atoms with van der Waals surface area (Å²) in [5, 5.41) is 8.88. The summed E-state index contributed by atoms with van der Waals surface area (Å²) in [6.45, 7) is 1.76. The topological polar surface area (TPSA) is 71.4 Å². The molecule has 1 aromatic carbocycles. The highest BCUT2D eigenvalue weighted by Gasteiger charge is 2.19. The Balaban J connectivity index is 3.02. The van der Waals surface area contributed by atoms with Crippen LogP contribution in [0.25, 0.3) is 0 Å². The number of allylic oxidation sites excluding steroid dienone is 1. The summed E-state index contributed by atoms with van der Waals surface area (Å²) < 4.78 is 23.8. The lowest BCUT2D eigenvalue weighted by Gasteiger charge is -2.04. The first kappa shape index (κ1) is 13.4. The highest BCUT2D eigenvalue weighted by atomic mass is 32.2. The van der Waals surface area contributed by atoms with Gasteiger partial charge < -0.3 is 5.11 Å². The molecule has 0 aliphatic carbocycles. The second-order valence-corrected chi connectivity index (χ2v) is 5.50. The first-order valence-electron chi connectivity index (χ1n) is 5.17. The van der Waals surface area contributed by atoms with Crippen LogP contribution in [-0.4, -0.2) is 25.2 Å². The summed E-state index contributed by atoms with van der Waals surface area (Å²) in [6, 6.07) is 7.84. The van der Waals surface area contributed by atoms with Gasteiger partial charge in [0.2, 0.25) is 0 Å². The summed E-state index contributed by atoms with van der Waals surface area (Å²) in [5.41, 5.74) is -0.0867. The quantitative estimate of drug-likeness (QED) is 0.814. The number of carboxylic acid groups (broad SMARTS) is 1. The van der Waals surface area contributed by atoms with E-state index in [1.165, 1.54) is 18.2 Å². The van der Waals surface area contributed by atoms with Crippen molar-refractivity contribution in [3.63, 3.8) is 0 Å². The number of carbonyl (C=O) groups is 1. The third kappa shape index (κ3) is 3.71. The lowest BCUT2D eigenvalue weighted by atomic mass is 10.2. The van der Waals surface area contributed by atoms with E-state index < -0.39 is 21.6 Å². The van der Waals surface area contributed by atoms with Crippen molar-refractivity contribution in [1.82, 2.24) is 0 Å². The molecule has 5 heteroatoms. The van der Waals surface area contributed by atoms with Gasteiger partial charge in [-0.15, -0.1) is 0 Å². The fraction of sp³-hybridized carbons (Fsp3) is 0.250. The largest absolute Gasteiger partial charge is 0.478 e. The number of rotatable bonds is 5. The second-order valence-electron chi connectivity index (χ2n) is 3.51. The van der Waals surface area contributed by atoms with E-state index in [-0.39, 0.29) is 10.5 Å². The number of sulfone groups is 1. The summed E-state index contributed by atoms with van der Waals surface area (Å²) in [6.07, 6.45) is 1.91. The second kappa shape index (κ2) is 5.63. The molecule has 0 amide bonds. The molecular weight excluding hydrogens is 240 g/mol. The number of carboxylic acids is 1. The standard InChI is InChI=1S/C12H14O4S/c1-2-6-10(12(13)14)9-17(15,16)11-7-4-3-5-8-11/h3-8H,2,9H2,1H3,(H,13,14). The van der Waals surface area contributed by atoms with Crippen molar-refractivity contribution in [2.45, 2.75) is 18.2 Å². The molecule has 0 radical (unpaired) electrons. The first-order chi connectivity index (χ1) is 7.97. The maximum absolute atomic E-state index is 11.9. The average Bonchev–Trinajstić information content (AvgIpc) is 2.29. The van der Waals surface area contributed by atoms with Gasteiger partial charge in [-0.25, -0.2) is 13.2 Å². The Morgan fingerprint density at radius 3 is 2.35 bits per heavy atom. The van der Waals surface area contributed by atoms with Gasteiger partial charge in [-0.1, -0.05) is 31.2 Å². The number of hydrogen-bond acceptors (Lipinski definition) is 3. The smallest absolute Gasteiger partial charge is 0.332 e. The highest BCUT2D eigenvalue weighted by molar-refractivity contribution is 7.91. The van der Waals surface area contributed by atoms with Gasteiger partial charge in [0.15, 0.2) is 9.84 Å². The van der Waals surface area contributed by atoms with Gasteiger partial charge >= 0.3 is 5.97 Å². The molecule has 1 N–H and O–H groups in total. The number of benzene rings is 1. The Hall–Kier alpha value is -1.62. The predicted molar refractivity (Wildman–Crippen MR) is 64.5 cm³/mol. The van der Waals surface area contributed by atoms with Crippen LogP contribution in [0.1, 0.15) is 13.3 Å². The minimum absolute atomic E-state index is 0.0867. The molecule has 0 fully saturated rings. The van der Waals surface area contributed by atoms with Crippen molar-refractivity contribution >= 4 is 15.8 Å². The highest BCUT2D eigenvalue weighted by Crippen LogP contribution is 2.14. The van der Waals surface area contributed by atoms with E-state index in [0.29, 0.717) is 6.42 Å². The Bertz CT molecular complexity index is 515. The van der Waals surface area contributed by atoms with Crippen LogP contribution in [0.3, 0.4) is 0 Å². The number of aliphatic carboxylic acids is 1. The molecule has 0 bridgehead atoms. The molecule has 0 heterocycles. The van der Waals surface area contributed by atoms with Gasteiger partial charge in [-0.3, -0.25) is 0 Å². The maximum Gasteiger partial charge on any atom is 0.332 e. The van der Waals surface area contributed by atoms with E-state index in [2.05, 4.69) is 0 Å². The van der Waals surface area contributed by atoms with Crippen LogP contribution in [0.5, 0.6) is 0 Å². The molecule has 0 spiro atoms. The summed E-state index contributed by atoms with van der Waals surface area (Å²) in [5.74, 6) is -1.66. The Labute approximate surface area is 101 Å². The summed E-state index contributed by atoms with van der Waals surface area (Å²) in [4.78, 5) is 11.0. The fourth-order valence-corrected chi connectivity index (χ4v) is 2.76. The molecule has 0 saturated carbocycles. The van der Waals surface area contributed by atoms with Crippen molar-refractivity contribution in [2.75, 3.05) is 5.75 Å². The molecule has 0 aromatic heterocycles. The van der Waals surface area contributed by atoms with Gasteiger partial charge in [0.05, 0.1) is 10.6 Å². The molecule has 4 nitrogen and oxygen atoms in total. The molecule has 0 aliphatic rings. The first-order valence-corrected chi connectivity index (χ1v) is 6.82. The lowest BCUT2D eigenvalue weighted by Crippen LogP contribution is -2.14. The molecule has 1 aromatic rings. The summed E-state index contributed by atoms with van der Waals surface area (Å²) >= 11 is 0. The Morgan fingerprint density at radius 2 is 1.88 bits per heavy atom. The molecular formula is C12H14O4S. The van der Waals surface area contributed by atoms with Gasteiger partial charge in [0.25, 0.3) is 0 Å². The van der Waals surface area contributed by atoms with Crippen molar-refractivity contribution in [3.05, 3.63) is 42.0 Å². The van der Waals surface area contributed by atoms with E-state index in [0.717, 1.165) is 0 Å². The van der Waals surface area contributed by atoms with Crippen LogP contribution in [0.4, 0.5) is 0 Å². The fourth-order valence-electron chi connectivity index (χ4n) is 1.37. The van der Waals surface area contributed by atoms with Crippen LogP contribution < -0.4 is 0 Å². The molecule has 1 rings (SSSR count). The van der Waals surface area contributed by atoms with Gasteiger partial charge in [-0.2, -0.15) is 0 Å². The zero-order chi connectivity index (χ0) is 12.9. The minimum atomic E-state index is -3.58. The average molecular weight is 254 g/mol. The number of hydrogen-bond donors (Lipinski definition) is 1. The molecule has 0 saturated heterocycles. The van der Waals surface area contributed by atoms with Gasteiger partial charge in [0.1, 0.15) is 0 Å². The predicted octanol–water partition coefficient (Wildman–Crippen LogP) is 1.88. The Kier molecular flexibility index (Phi) is 4.45. The van der Waals surface area contributed by atoms with Crippen molar-refractivity contribution < 1.29 is 18.3 Å². The molecule has 17 heavy (non-hydrogen) atoms. The molecule has 0 atom stereocenters. The zero-order valence-electron chi connectivity index (χ0n) is 9.46. The van der Waals surface area contributed by atoms with Crippen LogP contribution in [-0.2, 0) is 14.6 Å². The van der Waals surface area contributed by atoms with Crippen LogP contribution in [0, 0.1) is 0 Å². The molecule has 0 unspecified atom stereocenters. The van der Waals surface area contributed by atoms with Crippen LogP contribution >= 0.6 is 0 Å². The third-order valence-electron chi connectivity index (χ3n) is 2.17. The van der Waals surface area contributed by atoms with Crippen molar-refractivity contribution in [3.8, 4) is 0 Å². The van der Waals surface area contributed by atoms with E-state index in [9.17, 15) is 13.2 Å². The van der Waals surface area contributed by atoms with E-state index in [4.69, 9.17) is 5.11 Å². The van der Waals surface area contributed by atoms with Crippen molar-refractivity contribution in [2.24, 2.45) is 0 Å². The van der Waals surface area contributed by atoms with Gasteiger partial charge in [-0.05, 0) is 18.6 Å². The molecule has 0 aliphatic heterocycles. The Morgan fingerprint density at radius 1 is 1.29 bits per heavy atom. The minimum Gasteiger partial charge on any atom is -0.478 e. The van der Waals surface area contributed by atoms with E-state index in [1.54, 1.807) is 25.1 Å². The molecule has 92 valence electrons. The SMILES string of the molecule is CCC=C(CS(=O)(=O)c1ccccc1)C(=O)O. The maximum atomic E-state index is 11.9. The third-order valence-corrected chi connectivity index (χ3v) is 3.85. The van der Waals surface area contributed by atoms with E-state index in [1.807, 2.05) is 0 Å². The van der Waals surface area contributed by atoms with E-state index >= 15 is 0 Å². The van der Waals surface area contributed by atoms with Crippen LogP contribution in [0.2, 0.25) is 0 Å². The monoisotopic (exact) mass is 254 g/mol.